The zero-order valence-corrected chi connectivity index (χ0v) is 12.4. The van der Waals surface area contributed by atoms with Crippen LogP contribution in [0.4, 0.5) is 5.69 Å². The van der Waals surface area contributed by atoms with Crippen molar-refractivity contribution in [2.24, 2.45) is 0 Å². The molecule has 6 heteroatoms. The molecule has 0 saturated carbocycles. The Balaban J connectivity index is 2.33. The van der Waals surface area contributed by atoms with Crippen LogP contribution >= 0.6 is 0 Å². The van der Waals surface area contributed by atoms with Crippen LogP contribution in [0.2, 0.25) is 0 Å². The van der Waals surface area contributed by atoms with Gasteiger partial charge in [0.1, 0.15) is 6.61 Å². The number of hydrogen-bond acceptors (Lipinski definition) is 5. The van der Waals surface area contributed by atoms with Crippen molar-refractivity contribution in [1.82, 2.24) is 0 Å². The minimum absolute atomic E-state index is 0.189. The van der Waals surface area contributed by atoms with E-state index in [0.717, 1.165) is 5.56 Å². The summed E-state index contributed by atoms with van der Waals surface area (Å²) in [7, 11) is 1.45. The Hall–Kier alpha value is -2.60. The molecule has 0 aliphatic carbocycles. The molecule has 0 spiro atoms. The number of rotatable bonds is 6. The van der Waals surface area contributed by atoms with Gasteiger partial charge < -0.3 is 14.6 Å². The minimum atomic E-state index is -0.975. The predicted molar refractivity (Wildman–Crippen MR) is 81.1 cm³/mol. The molecule has 0 heterocycles. The first-order chi connectivity index (χ1) is 10.5. The molecule has 2 rings (SSSR count). The van der Waals surface area contributed by atoms with E-state index in [-0.39, 0.29) is 23.6 Å². The van der Waals surface area contributed by atoms with Gasteiger partial charge in [-0.3, -0.25) is 10.1 Å². The molecule has 6 nitrogen and oxygen atoms in total. The van der Waals surface area contributed by atoms with E-state index in [0.29, 0.717) is 5.75 Å². The first-order valence-electron chi connectivity index (χ1n) is 6.74. The average molecular weight is 303 g/mol. The monoisotopic (exact) mass is 303 g/mol. The molecular formula is C16H17NO5. The summed E-state index contributed by atoms with van der Waals surface area (Å²) >= 11 is 0. The topological polar surface area (TPSA) is 81.8 Å². The molecule has 0 fully saturated rings. The van der Waals surface area contributed by atoms with Gasteiger partial charge in [0.25, 0.3) is 5.69 Å². The Labute approximate surface area is 128 Å². The molecular weight excluding hydrogens is 286 g/mol. The van der Waals surface area contributed by atoms with Crippen LogP contribution in [-0.4, -0.2) is 17.1 Å². The minimum Gasteiger partial charge on any atom is -0.493 e. The molecule has 0 aliphatic heterocycles. The third-order valence-corrected chi connectivity index (χ3v) is 3.20. The molecule has 116 valence electrons. The van der Waals surface area contributed by atoms with Crippen LogP contribution in [0.1, 0.15) is 24.2 Å². The lowest BCUT2D eigenvalue weighted by Gasteiger charge is -2.14. The first kappa shape index (κ1) is 15.8. The number of aliphatic hydroxyl groups excluding tert-OH is 1. The maximum absolute atomic E-state index is 11.2. The van der Waals surface area contributed by atoms with Gasteiger partial charge in [0.05, 0.1) is 29.8 Å². The van der Waals surface area contributed by atoms with Crippen LogP contribution in [0.15, 0.2) is 42.5 Å². The van der Waals surface area contributed by atoms with Crippen molar-refractivity contribution in [3.63, 3.8) is 0 Å². The van der Waals surface area contributed by atoms with E-state index < -0.39 is 11.0 Å². The number of nitrogens with zero attached hydrogens (tertiary/aromatic N) is 1. The molecule has 0 aliphatic rings. The molecule has 22 heavy (non-hydrogen) atoms. The molecule has 0 radical (unpaired) electrons. The number of nitro benzene ring substituents is 1. The van der Waals surface area contributed by atoms with E-state index in [1.54, 1.807) is 0 Å². The largest absolute Gasteiger partial charge is 0.493 e. The Morgan fingerprint density at radius 1 is 1.23 bits per heavy atom. The van der Waals surface area contributed by atoms with E-state index in [9.17, 15) is 15.2 Å². The maximum Gasteiger partial charge on any atom is 0.279 e. The zero-order chi connectivity index (χ0) is 16.1. The maximum atomic E-state index is 11.2. The Morgan fingerprint density at radius 2 is 1.91 bits per heavy atom. The highest BCUT2D eigenvalue weighted by Crippen LogP contribution is 2.37. The fraction of sp³-hybridized carbons (Fsp3) is 0.250. The summed E-state index contributed by atoms with van der Waals surface area (Å²) in [5.41, 5.74) is 0.930. The molecule has 0 saturated heterocycles. The van der Waals surface area contributed by atoms with E-state index in [2.05, 4.69) is 0 Å². The first-order valence-corrected chi connectivity index (χ1v) is 6.74. The van der Waals surface area contributed by atoms with Gasteiger partial charge in [0, 0.05) is 0 Å². The standard InChI is InChI=1S/C16H17NO5/c1-11(18)13-8-15(21-2)16(9-14(13)17(19)20)22-10-12-6-4-3-5-7-12/h3-9,11,18H,10H2,1-2H3/t11-/m0/s1. The van der Waals surface area contributed by atoms with E-state index in [1.807, 2.05) is 30.3 Å². The van der Waals surface area contributed by atoms with Gasteiger partial charge in [-0.2, -0.15) is 0 Å². The smallest absolute Gasteiger partial charge is 0.279 e. The average Bonchev–Trinajstić information content (AvgIpc) is 2.52. The third kappa shape index (κ3) is 3.53. The lowest BCUT2D eigenvalue weighted by molar-refractivity contribution is -0.386. The van der Waals surface area contributed by atoms with Gasteiger partial charge in [-0.15, -0.1) is 0 Å². The molecule has 0 unspecified atom stereocenters. The molecule has 0 bridgehead atoms. The van der Waals surface area contributed by atoms with Crippen LogP contribution in [0.25, 0.3) is 0 Å². The number of benzene rings is 2. The Bertz CT molecular complexity index is 655. The van der Waals surface area contributed by atoms with Crippen LogP contribution in [0.5, 0.6) is 11.5 Å². The van der Waals surface area contributed by atoms with Crippen LogP contribution in [0.3, 0.4) is 0 Å². The molecule has 2 aromatic rings. The fourth-order valence-corrected chi connectivity index (χ4v) is 2.07. The summed E-state index contributed by atoms with van der Waals surface area (Å²) in [5.74, 6) is 0.611. The highest BCUT2D eigenvalue weighted by molar-refractivity contribution is 5.55. The lowest BCUT2D eigenvalue weighted by Crippen LogP contribution is -2.03. The Kier molecular flexibility index (Phi) is 4.95. The summed E-state index contributed by atoms with van der Waals surface area (Å²) < 4.78 is 10.8. The van der Waals surface area contributed by atoms with E-state index >= 15 is 0 Å². The number of ether oxygens (including phenoxy) is 2. The van der Waals surface area contributed by atoms with Crippen molar-refractivity contribution in [2.45, 2.75) is 19.6 Å². The highest BCUT2D eigenvalue weighted by atomic mass is 16.6. The van der Waals surface area contributed by atoms with Gasteiger partial charge in [-0.1, -0.05) is 30.3 Å². The molecule has 2 aromatic carbocycles. The van der Waals surface area contributed by atoms with Crippen LogP contribution in [0, 0.1) is 10.1 Å². The number of hydrogen-bond donors (Lipinski definition) is 1. The van der Waals surface area contributed by atoms with Crippen LogP contribution < -0.4 is 9.47 Å². The number of nitro groups is 1. The normalized spacial score (nSPS) is 11.8. The number of aliphatic hydroxyl groups is 1. The molecule has 1 N–H and O–H groups in total. The van der Waals surface area contributed by atoms with Crippen molar-refractivity contribution in [3.05, 3.63) is 63.7 Å². The van der Waals surface area contributed by atoms with Gasteiger partial charge in [0.15, 0.2) is 11.5 Å². The zero-order valence-electron chi connectivity index (χ0n) is 12.4. The quantitative estimate of drug-likeness (QED) is 0.654. The van der Waals surface area contributed by atoms with E-state index in [1.165, 1.54) is 26.2 Å². The van der Waals surface area contributed by atoms with Crippen LogP contribution in [-0.2, 0) is 6.61 Å². The molecule has 1 atom stereocenters. The predicted octanol–water partition coefficient (Wildman–Crippen LogP) is 3.24. The summed E-state index contributed by atoms with van der Waals surface area (Å²) in [6, 6.07) is 12.2. The number of methoxy groups -OCH3 is 1. The van der Waals surface area contributed by atoms with Crippen molar-refractivity contribution in [2.75, 3.05) is 7.11 Å². The summed E-state index contributed by atoms with van der Waals surface area (Å²) in [4.78, 5) is 10.6. The van der Waals surface area contributed by atoms with Crippen molar-refractivity contribution in [1.29, 1.82) is 0 Å². The summed E-state index contributed by atoms with van der Waals surface area (Å²) in [6.07, 6.45) is -0.975. The third-order valence-electron chi connectivity index (χ3n) is 3.20. The van der Waals surface area contributed by atoms with Gasteiger partial charge >= 0.3 is 0 Å². The van der Waals surface area contributed by atoms with Crippen molar-refractivity contribution < 1.29 is 19.5 Å². The summed E-state index contributed by atoms with van der Waals surface area (Å²) in [5, 5.41) is 20.8. The summed E-state index contributed by atoms with van der Waals surface area (Å²) in [6.45, 7) is 1.73. The van der Waals surface area contributed by atoms with Gasteiger partial charge in [0.2, 0.25) is 0 Å². The lowest BCUT2D eigenvalue weighted by atomic mass is 10.1. The van der Waals surface area contributed by atoms with Gasteiger partial charge in [-0.05, 0) is 18.6 Å². The second-order valence-electron chi connectivity index (χ2n) is 4.77. The van der Waals surface area contributed by atoms with Crippen molar-refractivity contribution in [3.8, 4) is 11.5 Å². The fourth-order valence-electron chi connectivity index (χ4n) is 2.07. The Morgan fingerprint density at radius 3 is 2.45 bits per heavy atom. The molecule has 0 aromatic heterocycles. The molecule has 0 amide bonds. The second kappa shape index (κ2) is 6.91. The van der Waals surface area contributed by atoms with Gasteiger partial charge in [-0.25, -0.2) is 0 Å². The second-order valence-corrected chi connectivity index (χ2v) is 4.77. The van der Waals surface area contributed by atoms with Crippen molar-refractivity contribution >= 4 is 5.69 Å². The van der Waals surface area contributed by atoms with E-state index in [4.69, 9.17) is 9.47 Å². The highest BCUT2D eigenvalue weighted by Gasteiger charge is 2.22. The SMILES string of the molecule is COc1cc([C@H](C)O)c([N+](=O)[O-])cc1OCc1ccccc1.